The average Bonchev–Trinajstić information content (AvgIpc) is 3.81. The fourth-order valence-corrected chi connectivity index (χ4v) is 10.8. The summed E-state index contributed by atoms with van der Waals surface area (Å²) in [5.41, 5.74) is 1.47. The van der Waals surface area contributed by atoms with Crippen LogP contribution in [0.15, 0.2) is 42.9 Å². The lowest BCUT2D eigenvalue weighted by molar-refractivity contribution is -0.137. The van der Waals surface area contributed by atoms with E-state index in [1.807, 2.05) is 11.1 Å². The number of ether oxygens (including phenoxy) is 1. The molecule has 2 N–H and O–H groups in total. The van der Waals surface area contributed by atoms with E-state index in [4.69, 9.17) is 22.9 Å². The van der Waals surface area contributed by atoms with Gasteiger partial charge in [0.2, 0.25) is 17.5 Å². The molecule has 13 nitrogen and oxygen atoms in total. The van der Waals surface area contributed by atoms with Crippen molar-refractivity contribution >= 4 is 52.3 Å². The normalized spacial score (nSPS) is 27.9. The van der Waals surface area contributed by atoms with Crippen LogP contribution >= 0.6 is 11.6 Å². The van der Waals surface area contributed by atoms with E-state index in [1.54, 1.807) is 24.5 Å². The molecule has 0 bridgehead atoms. The number of rotatable bonds is 9. The van der Waals surface area contributed by atoms with Crippen molar-refractivity contribution in [2.24, 2.45) is 23.2 Å². The number of halogens is 2. The second kappa shape index (κ2) is 16.4. The number of hydrogen-bond donors (Lipinski definition) is 2. The lowest BCUT2D eigenvalue weighted by Gasteiger charge is -2.55. The standard InChI is InChI=1S/C45H49ClFN7O6/c1-48-36-12-10-30(18-34(36)46)60-29-8-4-27(5-9-29)50-44(59)37-22-53(25-49-37)28-6-2-26(3-7-28)21-52-16-14-45(15-17-52)23-54(24-45)38-20-33-32(19-35(38)47)41(56)40(42(33)57)31-11-13-39(55)51-43(31)58/h10,12,18-20,22,25-29,31,40H,2-9,11,13-17,21,23-24H2,(H,50,59)(H,51,55,58). The number of benzene rings is 2. The summed E-state index contributed by atoms with van der Waals surface area (Å²) in [5, 5.41) is 5.79. The van der Waals surface area contributed by atoms with Gasteiger partial charge < -0.3 is 24.4 Å². The van der Waals surface area contributed by atoms with Gasteiger partial charge in [-0.05, 0) is 114 Å². The van der Waals surface area contributed by atoms with E-state index in [1.165, 1.54) is 6.07 Å². The minimum atomic E-state index is -1.21. The molecule has 60 heavy (non-hydrogen) atoms. The molecule has 3 amide bonds. The Balaban J connectivity index is 0.696. The number of carbonyl (C=O) groups is 5. The maximum atomic E-state index is 15.5. The van der Waals surface area contributed by atoms with Crippen molar-refractivity contribution in [1.29, 1.82) is 0 Å². The molecule has 2 saturated carbocycles. The molecule has 9 rings (SSSR count). The summed E-state index contributed by atoms with van der Waals surface area (Å²) < 4.78 is 23.7. The predicted molar refractivity (Wildman–Crippen MR) is 220 cm³/mol. The van der Waals surface area contributed by atoms with Gasteiger partial charge in [0.25, 0.3) is 5.91 Å². The molecule has 1 spiro atoms. The van der Waals surface area contributed by atoms with Gasteiger partial charge in [0.1, 0.15) is 17.3 Å². The summed E-state index contributed by atoms with van der Waals surface area (Å²) in [6.45, 7) is 11.6. The Morgan fingerprint density at radius 1 is 0.967 bits per heavy atom. The van der Waals surface area contributed by atoms with Gasteiger partial charge >= 0.3 is 0 Å². The first-order valence-electron chi connectivity index (χ1n) is 21.4. The number of anilines is 1. The molecule has 3 saturated heterocycles. The Hall–Kier alpha value is -5.13. The molecule has 5 fully saturated rings. The second-order valence-electron chi connectivity index (χ2n) is 17.9. The van der Waals surface area contributed by atoms with E-state index in [0.29, 0.717) is 52.9 Å². The van der Waals surface area contributed by atoms with Gasteiger partial charge in [-0.15, -0.1) is 0 Å². The van der Waals surface area contributed by atoms with Crippen LogP contribution in [-0.2, 0) is 9.59 Å². The molecule has 2 aromatic carbocycles. The fourth-order valence-electron chi connectivity index (χ4n) is 10.6. The van der Waals surface area contributed by atoms with Crippen LogP contribution in [0.5, 0.6) is 5.75 Å². The van der Waals surface area contributed by atoms with Crippen LogP contribution in [0.3, 0.4) is 0 Å². The first kappa shape index (κ1) is 40.3. The highest BCUT2D eigenvalue weighted by Gasteiger charge is 2.50. The van der Waals surface area contributed by atoms with Crippen molar-refractivity contribution in [3.63, 3.8) is 0 Å². The molecule has 6 aliphatic rings. The molecule has 3 aliphatic heterocycles. The van der Waals surface area contributed by atoms with Gasteiger partial charge in [-0.1, -0.05) is 17.7 Å². The smallest absolute Gasteiger partial charge is 0.271 e. The van der Waals surface area contributed by atoms with Crippen molar-refractivity contribution in [3.05, 3.63) is 81.9 Å². The fraction of sp³-hybridized carbons (Fsp3) is 0.533. The SMILES string of the molecule is [C-]#[N+]c1ccc(OC2CCC(NC(=O)c3cn(C4CCC(CN5CCC6(CC5)CN(c5cc7c(cc5F)C(=O)C(C5CCC(=O)NC5=O)C7=O)C6)CC4)cn3)CC2)cc1Cl. The molecule has 2 unspecified atom stereocenters. The molecule has 1 aromatic heterocycles. The van der Waals surface area contributed by atoms with Crippen LogP contribution in [-0.4, -0.2) is 88.6 Å². The Morgan fingerprint density at radius 3 is 2.37 bits per heavy atom. The van der Waals surface area contributed by atoms with Crippen molar-refractivity contribution in [2.75, 3.05) is 37.6 Å². The van der Waals surface area contributed by atoms with Gasteiger partial charge in [-0.25, -0.2) is 14.2 Å². The Bertz CT molecular complexity index is 2260. The number of Topliss-reactive ketones (excluding diaryl/α,β-unsaturated/α-hetero) is 2. The van der Waals surface area contributed by atoms with Gasteiger partial charge in [0.15, 0.2) is 11.6 Å². The number of nitrogens with one attached hydrogen (secondary N) is 2. The summed E-state index contributed by atoms with van der Waals surface area (Å²) in [6, 6.07) is 8.17. The van der Waals surface area contributed by atoms with Crippen molar-refractivity contribution in [1.82, 2.24) is 25.1 Å². The third-order valence-corrected chi connectivity index (χ3v) is 14.4. The van der Waals surface area contributed by atoms with Crippen LogP contribution in [0.4, 0.5) is 15.8 Å². The second-order valence-corrected chi connectivity index (χ2v) is 18.3. The molecule has 4 heterocycles. The van der Waals surface area contributed by atoms with E-state index in [2.05, 4.69) is 29.9 Å². The number of likely N-dealkylation sites (tertiary alicyclic amines) is 1. The summed E-state index contributed by atoms with van der Waals surface area (Å²) in [6.07, 6.45) is 13.5. The van der Waals surface area contributed by atoms with Crippen molar-refractivity contribution in [3.8, 4) is 5.75 Å². The number of imide groups is 1. The van der Waals surface area contributed by atoms with Crippen LogP contribution in [0.1, 0.15) is 114 Å². The monoisotopic (exact) mass is 837 g/mol. The Morgan fingerprint density at radius 2 is 1.68 bits per heavy atom. The van der Waals surface area contributed by atoms with Gasteiger partial charge in [0, 0.05) is 60.9 Å². The topological polar surface area (TPSA) is 147 Å². The number of ketones is 2. The molecule has 3 aliphatic carbocycles. The highest BCUT2D eigenvalue weighted by atomic mass is 35.5. The quantitative estimate of drug-likeness (QED) is 0.136. The third-order valence-electron chi connectivity index (χ3n) is 14.1. The van der Waals surface area contributed by atoms with E-state index >= 15 is 4.39 Å². The zero-order valence-corrected chi connectivity index (χ0v) is 34.2. The first-order chi connectivity index (χ1) is 29.0. The maximum absolute atomic E-state index is 15.5. The van der Waals surface area contributed by atoms with E-state index in [-0.39, 0.29) is 47.4 Å². The lowest BCUT2D eigenvalue weighted by Crippen LogP contribution is -2.61. The number of amides is 3. The van der Waals surface area contributed by atoms with Gasteiger partial charge in [0.05, 0.1) is 41.5 Å². The maximum Gasteiger partial charge on any atom is 0.271 e. The predicted octanol–water partition coefficient (Wildman–Crippen LogP) is 6.73. The molecule has 0 radical (unpaired) electrons. The van der Waals surface area contributed by atoms with E-state index in [9.17, 15) is 24.0 Å². The number of carbonyl (C=O) groups excluding carboxylic acids is 5. The Kier molecular flexibility index (Phi) is 11.0. The number of aromatic nitrogens is 2. The average molecular weight is 838 g/mol. The van der Waals surface area contributed by atoms with Crippen LogP contribution < -0.4 is 20.3 Å². The number of imidazole rings is 1. The third kappa shape index (κ3) is 7.94. The minimum Gasteiger partial charge on any atom is -0.490 e. The molecule has 314 valence electrons. The highest BCUT2D eigenvalue weighted by Crippen LogP contribution is 2.46. The summed E-state index contributed by atoms with van der Waals surface area (Å²) in [5.74, 6) is -3.59. The number of nitrogens with zero attached hydrogens (tertiary/aromatic N) is 5. The minimum absolute atomic E-state index is 0.0257. The molecule has 3 aromatic rings. The molecular weight excluding hydrogens is 789 g/mol. The zero-order valence-electron chi connectivity index (χ0n) is 33.5. The number of piperidine rings is 2. The zero-order chi connectivity index (χ0) is 41.7. The molecule has 2 atom stereocenters. The molecular formula is C45H49ClFN7O6. The summed E-state index contributed by atoms with van der Waals surface area (Å²) >= 11 is 6.17. The summed E-state index contributed by atoms with van der Waals surface area (Å²) in [7, 11) is 0. The Labute approximate surface area is 353 Å². The lowest BCUT2D eigenvalue weighted by atomic mass is 9.71. The van der Waals surface area contributed by atoms with Crippen molar-refractivity contribution in [2.45, 2.75) is 95.2 Å². The first-order valence-corrected chi connectivity index (χ1v) is 21.7. The van der Waals surface area contributed by atoms with Crippen LogP contribution in [0.2, 0.25) is 5.02 Å². The largest absolute Gasteiger partial charge is 0.490 e. The summed E-state index contributed by atoms with van der Waals surface area (Å²) in [4.78, 5) is 76.2. The highest BCUT2D eigenvalue weighted by molar-refractivity contribution is 6.33. The van der Waals surface area contributed by atoms with Crippen LogP contribution in [0.25, 0.3) is 4.85 Å². The van der Waals surface area contributed by atoms with Gasteiger partial charge in [-0.3, -0.25) is 29.3 Å². The van der Waals surface area contributed by atoms with E-state index < -0.39 is 41.0 Å². The van der Waals surface area contributed by atoms with Crippen LogP contribution in [0, 0.1) is 35.6 Å². The molecule has 15 heteroatoms. The number of fused-ring (bicyclic) bond motifs is 1. The van der Waals surface area contributed by atoms with Gasteiger partial charge in [-0.2, -0.15) is 0 Å². The number of hydrogen-bond acceptors (Lipinski definition) is 9. The van der Waals surface area contributed by atoms with Crippen molar-refractivity contribution < 1.29 is 33.1 Å². The van der Waals surface area contributed by atoms with E-state index in [0.717, 1.165) is 89.9 Å².